The van der Waals surface area contributed by atoms with Crippen LogP contribution in [0.3, 0.4) is 0 Å². The number of benzene rings is 2. The van der Waals surface area contributed by atoms with Crippen LogP contribution in [0.5, 0.6) is 0 Å². The quantitative estimate of drug-likeness (QED) is 0.739. The van der Waals surface area contributed by atoms with Crippen LogP contribution < -0.4 is 5.32 Å². The van der Waals surface area contributed by atoms with Crippen LogP contribution in [-0.2, 0) is 16.1 Å². The lowest BCUT2D eigenvalue weighted by atomic mass is 10.1. The molecule has 5 heteroatoms. The number of rotatable bonds is 4. The Balaban J connectivity index is 1.82. The molecule has 0 saturated heterocycles. The fourth-order valence-corrected chi connectivity index (χ4v) is 2.86. The number of methoxy groups -OCH3 is 1. The number of carbonyl (C=O) groups is 2. The molecule has 0 saturated carbocycles. The highest BCUT2D eigenvalue weighted by atomic mass is 16.5. The van der Waals surface area contributed by atoms with Crippen molar-refractivity contribution < 1.29 is 14.3 Å². The van der Waals surface area contributed by atoms with Crippen molar-refractivity contribution in [3.63, 3.8) is 0 Å². The summed E-state index contributed by atoms with van der Waals surface area (Å²) in [4.78, 5) is 24.1. The highest BCUT2D eigenvalue weighted by Gasteiger charge is 2.11. The van der Waals surface area contributed by atoms with Crippen molar-refractivity contribution in [2.75, 3.05) is 12.4 Å². The van der Waals surface area contributed by atoms with Crippen molar-refractivity contribution in [1.29, 1.82) is 0 Å². The van der Waals surface area contributed by atoms with Crippen molar-refractivity contribution in [3.05, 3.63) is 65.4 Å². The summed E-state index contributed by atoms with van der Waals surface area (Å²) in [6, 6.07) is 13.1. The van der Waals surface area contributed by atoms with E-state index in [4.69, 9.17) is 4.74 Å². The Kier molecular flexibility index (Phi) is 4.57. The van der Waals surface area contributed by atoms with Gasteiger partial charge in [0.15, 0.2) is 0 Å². The van der Waals surface area contributed by atoms with Crippen LogP contribution in [0.1, 0.15) is 21.5 Å². The van der Waals surface area contributed by atoms with E-state index in [1.165, 1.54) is 7.11 Å². The zero-order chi connectivity index (χ0) is 18.0. The molecule has 5 nitrogen and oxygen atoms in total. The molecule has 25 heavy (non-hydrogen) atoms. The zero-order valence-corrected chi connectivity index (χ0v) is 14.5. The molecule has 128 valence electrons. The molecule has 0 radical (unpaired) electrons. The maximum absolute atomic E-state index is 12.4. The van der Waals surface area contributed by atoms with E-state index < -0.39 is 5.97 Å². The van der Waals surface area contributed by atoms with Gasteiger partial charge in [-0.25, -0.2) is 4.79 Å². The molecule has 0 spiro atoms. The Morgan fingerprint density at radius 3 is 2.60 bits per heavy atom. The third-order valence-electron chi connectivity index (χ3n) is 4.16. The van der Waals surface area contributed by atoms with Crippen LogP contribution in [0.25, 0.3) is 10.9 Å². The average Bonchev–Trinajstić information content (AvgIpc) is 2.99. The number of esters is 1. The van der Waals surface area contributed by atoms with Gasteiger partial charge in [-0.1, -0.05) is 23.8 Å². The second-order valence-electron chi connectivity index (χ2n) is 6.08. The van der Waals surface area contributed by atoms with Gasteiger partial charge >= 0.3 is 5.97 Å². The van der Waals surface area contributed by atoms with E-state index >= 15 is 0 Å². The van der Waals surface area contributed by atoms with Crippen LogP contribution >= 0.6 is 0 Å². The second kappa shape index (κ2) is 6.81. The number of amides is 1. The summed E-state index contributed by atoms with van der Waals surface area (Å²) in [5.41, 5.74) is 4.27. The minimum absolute atomic E-state index is 0.118. The number of aryl methyl sites for hydroxylation is 2. The van der Waals surface area contributed by atoms with Gasteiger partial charge in [-0.2, -0.15) is 0 Å². The maximum Gasteiger partial charge on any atom is 0.337 e. The molecular formula is C20H20N2O3. The molecule has 1 N–H and O–H groups in total. The first kappa shape index (κ1) is 16.8. The molecule has 1 aromatic heterocycles. The van der Waals surface area contributed by atoms with Gasteiger partial charge in [-0.3, -0.25) is 4.79 Å². The van der Waals surface area contributed by atoms with E-state index in [9.17, 15) is 9.59 Å². The minimum atomic E-state index is -0.394. The topological polar surface area (TPSA) is 60.3 Å². The van der Waals surface area contributed by atoms with Crippen molar-refractivity contribution in [2.45, 2.75) is 20.4 Å². The fraction of sp³-hybridized carbons (Fsp3) is 0.200. The largest absolute Gasteiger partial charge is 0.465 e. The first-order chi connectivity index (χ1) is 12.0. The minimum Gasteiger partial charge on any atom is -0.465 e. The summed E-state index contributed by atoms with van der Waals surface area (Å²) in [5.74, 6) is -0.512. The fourth-order valence-electron chi connectivity index (χ4n) is 2.86. The van der Waals surface area contributed by atoms with Gasteiger partial charge in [0, 0.05) is 17.4 Å². The van der Waals surface area contributed by atoms with Gasteiger partial charge in [-0.05, 0) is 49.1 Å². The summed E-state index contributed by atoms with van der Waals surface area (Å²) in [6.07, 6.45) is 1.84. The molecule has 0 atom stereocenters. The van der Waals surface area contributed by atoms with Crippen LogP contribution in [-0.4, -0.2) is 23.6 Å². The SMILES string of the molecule is COC(=O)c1ccc2ccn(CC(=O)Nc3ccc(C)cc3C)c2c1. The predicted octanol–water partition coefficient (Wildman–Crippen LogP) is 3.68. The first-order valence-electron chi connectivity index (χ1n) is 8.02. The average molecular weight is 336 g/mol. The summed E-state index contributed by atoms with van der Waals surface area (Å²) < 4.78 is 6.58. The number of anilines is 1. The van der Waals surface area contributed by atoms with Gasteiger partial charge in [-0.15, -0.1) is 0 Å². The summed E-state index contributed by atoms with van der Waals surface area (Å²) >= 11 is 0. The summed E-state index contributed by atoms with van der Waals surface area (Å²) in [5, 5.41) is 3.90. The number of ether oxygens (including phenoxy) is 1. The van der Waals surface area contributed by atoms with Gasteiger partial charge in [0.05, 0.1) is 12.7 Å². The van der Waals surface area contributed by atoms with Gasteiger partial charge in [0.25, 0.3) is 0 Å². The number of nitrogens with one attached hydrogen (secondary N) is 1. The highest BCUT2D eigenvalue weighted by Crippen LogP contribution is 2.19. The number of fused-ring (bicyclic) bond motifs is 1. The van der Waals surface area contributed by atoms with Crippen molar-refractivity contribution >= 4 is 28.5 Å². The van der Waals surface area contributed by atoms with Crippen LogP contribution in [0.15, 0.2) is 48.7 Å². The Morgan fingerprint density at radius 2 is 1.88 bits per heavy atom. The first-order valence-corrected chi connectivity index (χ1v) is 8.02. The third kappa shape index (κ3) is 3.55. The number of hydrogen-bond donors (Lipinski definition) is 1. The molecule has 0 bridgehead atoms. The van der Waals surface area contributed by atoms with E-state index in [1.807, 2.05) is 54.9 Å². The molecule has 3 aromatic rings. The zero-order valence-electron chi connectivity index (χ0n) is 14.5. The number of nitrogens with zero attached hydrogens (tertiary/aromatic N) is 1. The lowest BCUT2D eigenvalue weighted by Crippen LogP contribution is -2.18. The molecular weight excluding hydrogens is 316 g/mol. The van der Waals surface area contributed by atoms with Crippen molar-refractivity contribution in [3.8, 4) is 0 Å². The van der Waals surface area contributed by atoms with E-state index in [-0.39, 0.29) is 12.5 Å². The standard InChI is InChI=1S/C20H20N2O3/c1-13-4-7-17(14(2)10-13)21-19(23)12-22-9-8-15-5-6-16(11-18(15)22)20(24)25-3/h4-11H,12H2,1-3H3,(H,21,23). The number of aromatic nitrogens is 1. The Hall–Kier alpha value is -3.08. The van der Waals surface area contributed by atoms with Gasteiger partial charge in [0.1, 0.15) is 6.54 Å². The van der Waals surface area contributed by atoms with E-state index in [0.29, 0.717) is 5.56 Å². The third-order valence-corrected chi connectivity index (χ3v) is 4.16. The Morgan fingerprint density at radius 1 is 1.08 bits per heavy atom. The molecule has 1 amide bonds. The van der Waals surface area contributed by atoms with E-state index in [1.54, 1.807) is 12.1 Å². The Labute approximate surface area is 146 Å². The van der Waals surface area contributed by atoms with E-state index in [0.717, 1.165) is 27.7 Å². The van der Waals surface area contributed by atoms with Crippen LogP contribution in [0, 0.1) is 13.8 Å². The molecule has 0 aliphatic rings. The highest BCUT2D eigenvalue weighted by molar-refractivity contribution is 5.96. The van der Waals surface area contributed by atoms with E-state index in [2.05, 4.69) is 5.32 Å². The lowest BCUT2D eigenvalue weighted by Gasteiger charge is -2.10. The van der Waals surface area contributed by atoms with Crippen LogP contribution in [0.2, 0.25) is 0 Å². The normalized spacial score (nSPS) is 10.7. The van der Waals surface area contributed by atoms with Gasteiger partial charge < -0.3 is 14.6 Å². The molecule has 1 heterocycles. The van der Waals surface area contributed by atoms with Crippen LogP contribution in [0.4, 0.5) is 5.69 Å². The van der Waals surface area contributed by atoms with Crippen molar-refractivity contribution in [1.82, 2.24) is 4.57 Å². The number of carbonyl (C=O) groups excluding carboxylic acids is 2. The van der Waals surface area contributed by atoms with Crippen molar-refractivity contribution in [2.24, 2.45) is 0 Å². The molecule has 2 aromatic carbocycles. The predicted molar refractivity (Wildman–Crippen MR) is 97.8 cm³/mol. The Bertz CT molecular complexity index is 957. The lowest BCUT2D eigenvalue weighted by molar-refractivity contribution is -0.116. The number of hydrogen-bond acceptors (Lipinski definition) is 3. The summed E-state index contributed by atoms with van der Waals surface area (Å²) in [6.45, 7) is 4.15. The monoisotopic (exact) mass is 336 g/mol. The molecule has 3 rings (SSSR count). The maximum atomic E-state index is 12.4. The molecule has 0 unspecified atom stereocenters. The van der Waals surface area contributed by atoms with Gasteiger partial charge in [0.2, 0.25) is 5.91 Å². The molecule has 0 aliphatic heterocycles. The second-order valence-corrected chi connectivity index (χ2v) is 6.08. The molecule has 0 aliphatic carbocycles. The summed E-state index contributed by atoms with van der Waals surface area (Å²) in [7, 11) is 1.35. The smallest absolute Gasteiger partial charge is 0.337 e. The molecule has 0 fully saturated rings.